The number of aromatic amines is 1. The molecule has 1 N–H and O–H groups in total. The lowest BCUT2D eigenvalue weighted by atomic mass is 9.98. The van der Waals surface area contributed by atoms with Crippen molar-refractivity contribution >= 4 is 11.0 Å². The summed E-state index contributed by atoms with van der Waals surface area (Å²) in [6.07, 6.45) is 3.92. The first kappa shape index (κ1) is 13.4. The summed E-state index contributed by atoms with van der Waals surface area (Å²) in [5.74, 6) is 1.92. The van der Waals surface area contributed by atoms with Crippen molar-refractivity contribution in [1.82, 2.24) is 14.9 Å². The number of rotatable bonds is 3. The summed E-state index contributed by atoms with van der Waals surface area (Å²) in [5, 5.41) is 0. The molecule has 1 aromatic heterocycles. The number of hydrogen-bond donors (Lipinski definition) is 1. The third-order valence-corrected chi connectivity index (χ3v) is 4.45. The molecule has 0 aliphatic carbocycles. The Kier molecular flexibility index (Phi) is 3.66. The fraction of sp³-hybridized carbons (Fsp3) is 0.562. The molecule has 0 amide bonds. The monoisotopic (exact) mass is 273 g/mol. The summed E-state index contributed by atoms with van der Waals surface area (Å²) < 4.78 is 5.26. The topological polar surface area (TPSA) is 41.1 Å². The van der Waals surface area contributed by atoms with Crippen LogP contribution in [0.25, 0.3) is 11.0 Å². The van der Waals surface area contributed by atoms with Crippen LogP contribution in [0, 0.1) is 0 Å². The second kappa shape index (κ2) is 5.44. The van der Waals surface area contributed by atoms with E-state index in [2.05, 4.69) is 23.7 Å². The first-order valence-electron chi connectivity index (χ1n) is 7.45. The van der Waals surface area contributed by atoms with Crippen LogP contribution in [0.15, 0.2) is 18.2 Å². The number of piperidine rings is 1. The Hall–Kier alpha value is -1.55. The molecular formula is C16H23N3O. The molecule has 1 aliphatic heterocycles. The Morgan fingerprint density at radius 1 is 1.30 bits per heavy atom. The zero-order valence-electron chi connectivity index (χ0n) is 12.5. The van der Waals surface area contributed by atoms with Gasteiger partial charge in [-0.2, -0.15) is 0 Å². The number of nitrogens with zero attached hydrogens (tertiary/aromatic N) is 2. The van der Waals surface area contributed by atoms with Gasteiger partial charge in [-0.25, -0.2) is 4.98 Å². The fourth-order valence-corrected chi connectivity index (χ4v) is 3.20. The standard InChI is InChI=1S/C16H23N3O/c1-11-5-4-6-12(2)19(11)10-16-17-14-8-7-13(20-3)9-15(14)18-16/h7-9,11-12H,4-6,10H2,1-3H3,(H,17,18). The minimum absolute atomic E-state index is 0.640. The molecule has 1 aliphatic rings. The normalized spacial score (nSPS) is 24.1. The van der Waals surface area contributed by atoms with Gasteiger partial charge in [-0.3, -0.25) is 4.90 Å². The minimum atomic E-state index is 0.640. The van der Waals surface area contributed by atoms with Crippen molar-refractivity contribution < 1.29 is 4.74 Å². The third kappa shape index (κ3) is 2.52. The number of nitrogens with one attached hydrogen (secondary N) is 1. The molecule has 4 nitrogen and oxygen atoms in total. The molecule has 20 heavy (non-hydrogen) atoms. The second-order valence-corrected chi connectivity index (χ2v) is 5.87. The van der Waals surface area contributed by atoms with Gasteiger partial charge < -0.3 is 9.72 Å². The summed E-state index contributed by atoms with van der Waals surface area (Å²) in [6, 6.07) is 7.26. The van der Waals surface area contributed by atoms with Crippen molar-refractivity contribution in [2.75, 3.05) is 7.11 Å². The van der Waals surface area contributed by atoms with Gasteiger partial charge in [0.2, 0.25) is 0 Å². The molecule has 108 valence electrons. The Labute approximate surface area is 120 Å². The Morgan fingerprint density at radius 2 is 2.05 bits per heavy atom. The average Bonchev–Trinajstić information content (AvgIpc) is 2.84. The van der Waals surface area contributed by atoms with E-state index in [1.807, 2.05) is 18.2 Å². The average molecular weight is 273 g/mol. The van der Waals surface area contributed by atoms with Crippen molar-refractivity contribution in [3.8, 4) is 5.75 Å². The Balaban J connectivity index is 1.83. The predicted molar refractivity (Wildman–Crippen MR) is 81.0 cm³/mol. The van der Waals surface area contributed by atoms with Crippen LogP contribution in [0.1, 0.15) is 38.9 Å². The van der Waals surface area contributed by atoms with E-state index in [1.165, 1.54) is 19.3 Å². The number of benzene rings is 1. The van der Waals surface area contributed by atoms with Crippen LogP contribution in [-0.4, -0.2) is 34.1 Å². The van der Waals surface area contributed by atoms with E-state index < -0.39 is 0 Å². The van der Waals surface area contributed by atoms with E-state index in [1.54, 1.807) is 7.11 Å². The predicted octanol–water partition coefficient (Wildman–Crippen LogP) is 3.33. The highest BCUT2D eigenvalue weighted by molar-refractivity contribution is 5.76. The number of fused-ring (bicyclic) bond motifs is 1. The molecule has 4 heteroatoms. The number of imidazole rings is 1. The van der Waals surface area contributed by atoms with Gasteiger partial charge in [-0.1, -0.05) is 6.42 Å². The molecule has 0 radical (unpaired) electrons. The Bertz CT molecular complexity index is 582. The zero-order chi connectivity index (χ0) is 14.1. The van der Waals surface area contributed by atoms with Crippen molar-refractivity contribution in [3.63, 3.8) is 0 Å². The van der Waals surface area contributed by atoms with E-state index in [0.29, 0.717) is 12.1 Å². The van der Waals surface area contributed by atoms with E-state index in [9.17, 15) is 0 Å². The van der Waals surface area contributed by atoms with Crippen LogP contribution in [0.2, 0.25) is 0 Å². The third-order valence-electron chi connectivity index (χ3n) is 4.45. The van der Waals surface area contributed by atoms with E-state index >= 15 is 0 Å². The summed E-state index contributed by atoms with van der Waals surface area (Å²) in [5.41, 5.74) is 2.06. The van der Waals surface area contributed by atoms with Crippen molar-refractivity contribution in [2.24, 2.45) is 0 Å². The molecule has 2 heterocycles. The summed E-state index contributed by atoms with van der Waals surface area (Å²) in [4.78, 5) is 10.7. The smallest absolute Gasteiger partial charge is 0.121 e. The van der Waals surface area contributed by atoms with Crippen LogP contribution in [0.4, 0.5) is 0 Å². The van der Waals surface area contributed by atoms with Gasteiger partial charge in [0.1, 0.15) is 11.6 Å². The summed E-state index contributed by atoms with van der Waals surface area (Å²) in [6.45, 7) is 5.54. The van der Waals surface area contributed by atoms with Gasteiger partial charge in [0.05, 0.1) is 24.7 Å². The number of methoxy groups -OCH3 is 1. The molecule has 3 rings (SSSR count). The maximum Gasteiger partial charge on any atom is 0.121 e. The van der Waals surface area contributed by atoms with Gasteiger partial charge in [-0.05, 0) is 38.8 Å². The molecule has 1 fully saturated rings. The maximum absolute atomic E-state index is 5.26. The van der Waals surface area contributed by atoms with Crippen molar-refractivity contribution in [1.29, 1.82) is 0 Å². The van der Waals surface area contributed by atoms with Crippen LogP contribution in [-0.2, 0) is 6.54 Å². The quantitative estimate of drug-likeness (QED) is 0.932. The van der Waals surface area contributed by atoms with Gasteiger partial charge in [0.15, 0.2) is 0 Å². The van der Waals surface area contributed by atoms with Gasteiger partial charge in [0.25, 0.3) is 0 Å². The lowest BCUT2D eigenvalue weighted by Gasteiger charge is -2.38. The lowest BCUT2D eigenvalue weighted by Crippen LogP contribution is -2.43. The number of aromatic nitrogens is 2. The zero-order valence-corrected chi connectivity index (χ0v) is 12.5. The van der Waals surface area contributed by atoms with Crippen LogP contribution in [0.5, 0.6) is 5.75 Å². The summed E-state index contributed by atoms with van der Waals surface area (Å²) >= 11 is 0. The highest BCUT2D eigenvalue weighted by Crippen LogP contribution is 2.25. The van der Waals surface area contributed by atoms with Crippen LogP contribution >= 0.6 is 0 Å². The molecule has 2 aromatic rings. The molecule has 1 saturated heterocycles. The second-order valence-electron chi connectivity index (χ2n) is 5.87. The first-order valence-corrected chi connectivity index (χ1v) is 7.45. The largest absolute Gasteiger partial charge is 0.497 e. The molecular weight excluding hydrogens is 250 g/mol. The van der Waals surface area contributed by atoms with E-state index in [4.69, 9.17) is 9.72 Å². The number of ether oxygens (including phenoxy) is 1. The van der Waals surface area contributed by atoms with Gasteiger partial charge >= 0.3 is 0 Å². The SMILES string of the molecule is COc1ccc2nc(CN3C(C)CCCC3C)[nH]c2c1. The Morgan fingerprint density at radius 3 is 2.75 bits per heavy atom. The highest BCUT2D eigenvalue weighted by atomic mass is 16.5. The number of hydrogen-bond acceptors (Lipinski definition) is 3. The maximum atomic E-state index is 5.26. The van der Waals surface area contributed by atoms with Gasteiger partial charge in [0, 0.05) is 18.2 Å². The molecule has 2 atom stereocenters. The molecule has 0 spiro atoms. The molecule has 0 bridgehead atoms. The van der Waals surface area contributed by atoms with Crippen molar-refractivity contribution in [2.45, 2.75) is 51.7 Å². The van der Waals surface area contributed by atoms with E-state index in [-0.39, 0.29) is 0 Å². The number of likely N-dealkylation sites (tertiary alicyclic amines) is 1. The fourth-order valence-electron chi connectivity index (χ4n) is 3.20. The summed E-state index contributed by atoms with van der Waals surface area (Å²) in [7, 11) is 1.69. The minimum Gasteiger partial charge on any atom is -0.497 e. The first-order chi connectivity index (χ1) is 9.67. The molecule has 2 unspecified atom stereocenters. The number of H-pyrrole nitrogens is 1. The lowest BCUT2D eigenvalue weighted by molar-refractivity contribution is 0.0926. The van der Waals surface area contributed by atoms with E-state index in [0.717, 1.165) is 29.2 Å². The van der Waals surface area contributed by atoms with Crippen molar-refractivity contribution in [3.05, 3.63) is 24.0 Å². The van der Waals surface area contributed by atoms with Crippen LogP contribution in [0.3, 0.4) is 0 Å². The van der Waals surface area contributed by atoms with Gasteiger partial charge in [-0.15, -0.1) is 0 Å². The van der Waals surface area contributed by atoms with Crippen LogP contribution < -0.4 is 4.74 Å². The highest BCUT2D eigenvalue weighted by Gasteiger charge is 2.25. The molecule has 0 saturated carbocycles. The molecule has 1 aromatic carbocycles.